The molecule has 1 aromatic heterocycles. The molecule has 0 saturated carbocycles. The van der Waals surface area contributed by atoms with Crippen LogP contribution in [0.15, 0.2) is 30.5 Å². The number of nitrogens with one attached hydrogen (secondary N) is 2. The maximum Gasteiger partial charge on any atom is 0.311 e. The Morgan fingerprint density at radius 3 is 2.90 bits per heavy atom. The predicted octanol–water partition coefficient (Wildman–Crippen LogP) is 0.997. The van der Waals surface area contributed by atoms with Crippen LogP contribution < -0.4 is 5.32 Å². The van der Waals surface area contributed by atoms with E-state index in [-0.39, 0.29) is 19.1 Å². The van der Waals surface area contributed by atoms with Crippen LogP contribution in [0, 0.1) is 5.92 Å². The van der Waals surface area contributed by atoms with Crippen LogP contribution in [0.2, 0.25) is 0 Å². The number of hydrogen-bond acceptors (Lipinski definition) is 3. The lowest BCUT2D eigenvalue weighted by atomic mass is 10.0. The molecule has 20 heavy (non-hydrogen) atoms. The molecule has 1 aliphatic heterocycles. The van der Waals surface area contributed by atoms with Crippen molar-refractivity contribution < 1.29 is 19.4 Å². The topological polar surface area (TPSA) is 91.4 Å². The van der Waals surface area contributed by atoms with Gasteiger partial charge in [-0.15, -0.1) is 0 Å². The second kappa shape index (κ2) is 4.97. The Morgan fingerprint density at radius 1 is 1.30 bits per heavy atom. The minimum Gasteiger partial charge on any atom is -0.481 e. The molecule has 1 aliphatic rings. The summed E-state index contributed by atoms with van der Waals surface area (Å²) in [6.07, 6.45) is 1.63. The molecule has 1 fully saturated rings. The third-order valence-corrected chi connectivity index (χ3v) is 3.55. The molecule has 1 amide bonds. The van der Waals surface area contributed by atoms with E-state index in [1.165, 1.54) is 0 Å². The summed E-state index contributed by atoms with van der Waals surface area (Å²) in [5.74, 6) is -1.93. The van der Waals surface area contributed by atoms with Crippen molar-refractivity contribution in [1.82, 2.24) is 10.3 Å². The number of hydrogen-bond donors (Lipinski definition) is 3. The highest BCUT2D eigenvalue weighted by atomic mass is 16.5. The van der Waals surface area contributed by atoms with Crippen LogP contribution in [0.1, 0.15) is 10.4 Å². The van der Waals surface area contributed by atoms with Crippen molar-refractivity contribution in [3.05, 3.63) is 36.0 Å². The minimum atomic E-state index is -0.952. The van der Waals surface area contributed by atoms with Gasteiger partial charge in [0.05, 0.1) is 24.8 Å². The summed E-state index contributed by atoms with van der Waals surface area (Å²) in [7, 11) is 0. The highest BCUT2D eigenvalue weighted by molar-refractivity contribution is 6.06. The summed E-state index contributed by atoms with van der Waals surface area (Å²) in [5.41, 5.74) is 1.38. The Balaban J connectivity index is 1.81. The van der Waals surface area contributed by atoms with E-state index in [0.717, 1.165) is 10.9 Å². The fourth-order valence-corrected chi connectivity index (χ4v) is 2.45. The predicted molar refractivity (Wildman–Crippen MR) is 71.5 cm³/mol. The zero-order valence-electron chi connectivity index (χ0n) is 10.6. The fraction of sp³-hybridized carbons (Fsp3) is 0.286. The number of carbonyl (C=O) groups excluding carboxylic acids is 1. The van der Waals surface area contributed by atoms with Gasteiger partial charge in [0.25, 0.3) is 5.91 Å². The van der Waals surface area contributed by atoms with E-state index >= 15 is 0 Å². The summed E-state index contributed by atoms with van der Waals surface area (Å²) in [5, 5.41) is 12.6. The van der Waals surface area contributed by atoms with Gasteiger partial charge in [-0.25, -0.2) is 0 Å². The highest BCUT2D eigenvalue weighted by Gasteiger charge is 2.35. The maximum atomic E-state index is 12.3. The standard InChI is InChI=1S/C14H14N2O4/c17-13(16-12-7-20-6-10(12)14(18)19)9-5-15-11-4-2-1-3-8(9)11/h1-5,10,12,15H,6-7H2,(H,16,17)(H,18,19). The van der Waals surface area contributed by atoms with Gasteiger partial charge in [-0.1, -0.05) is 18.2 Å². The monoisotopic (exact) mass is 274 g/mol. The van der Waals surface area contributed by atoms with Crippen LogP contribution in [0.3, 0.4) is 0 Å². The molecule has 3 N–H and O–H groups in total. The fourth-order valence-electron chi connectivity index (χ4n) is 2.45. The Hall–Kier alpha value is -2.34. The van der Waals surface area contributed by atoms with Gasteiger partial charge in [0.1, 0.15) is 5.92 Å². The molecule has 6 heteroatoms. The molecule has 2 unspecified atom stereocenters. The third kappa shape index (κ3) is 2.14. The minimum absolute atomic E-state index is 0.133. The number of carbonyl (C=O) groups is 2. The van der Waals surface area contributed by atoms with Crippen molar-refractivity contribution >= 4 is 22.8 Å². The molecule has 0 radical (unpaired) electrons. The van der Waals surface area contributed by atoms with Crippen molar-refractivity contribution in [3.8, 4) is 0 Å². The van der Waals surface area contributed by atoms with Gasteiger partial charge in [0.15, 0.2) is 0 Å². The first-order valence-electron chi connectivity index (χ1n) is 6.34. The number of carboxylic acid groups (broad SMARTS) is 1. The van der Waals surface area contributed by atoms with E-state index in [9.17, 15) is 9.59 Å². The van der Waals surface area contributed by atoms with Gasteiger partial charge < -0.3 is 20.1 Å². The number of rotatable bonds is 3. The zero-order chi connectivity index (χ0) is 14.1. The van der Waals surface area contributed by atoms with Crippen LogP contribution in [-0.2, 0) is 9.53 Å². The van der Waals surface area contributed by atoms with E-state index in [1.54, 1.807) is 6.20 Å². The molecule has 6 nitrogen and oxygen atoms in total. The van der Waals surface area contributed by atoms with E-state index in [2.05, 4.69) is 10.3 Å². The number of aromatic amines is 1. The van der Waals surface area contributed by atoms with Crippen molar-refractivity contribution in [3.63, 3.8) is 0 Å². The molecule has 1 saturated heterocycles. The van der Waals surface area contributed by atoms with Crippen molar-refractivity contribution in [1.29, 1.82) is 0 Å². The zero-order valence-corrected chi connectivity index (χ0v) is 10.6. The smallest absolute Gasteiger partial charge is 0.311 e. The second-order valence-electron chi connectivity index (χ2n) is 4.81. The number of aromatic nitrogens is 1. The molecule has 1 aromatic carbocycles. The largest absolute Gasteiger partial charge is 0.481 e. The first-order chi connectivity index (χ1) is 9.66. The summed E-state index contributed by atoms with van der Waals surface area (Å²) < 4.78 is 5.13. The Labute approximate surface area is 114 Å². The van der Waals surface area contributed by atoms with Crippen LogP contribution in [0.5, 0.6) is 0 Å². The lowest BCUT2D eigenvalue weighted by Crippen LogP contribution is -2.42. The first kappa shape index (κ1) is 12.7. The molecular weight excluding hydrogens is 260 g/mol. The number of benzene rings is 1. The number of carboxylic acids is 1. The lowest BCUT2D eigenvalue weighted by molar-refractivity contribution is -0.142. The van der Waals surface area contributed by atoms with E-state index in [0.29, 0.717) is 5.56 Å². The first-order valence-corrected chi connectivity index (χ1v) is 6.34. The van der Waals surface area contributed by atoms with E-state index in [1.807, 2.05) is 24.3 Å². The quantitative estimate of drug-likeness (QED) is 0.778. The van der Waals surface area contributed by atoms with Crippen molar-refractivity contribution in [2.75, 3.05) is 13.2 Å². The van der Waals surface area contributed by atoms with Crippen molar-refractivity contribution in [2.45, 2.75) is 6.04 Å². The molecule has 0 aliphatic carbocycles. The van der Waals surface area contributed by atoms with Crippen LogP contribution in [0.25, 0.3) is 10.9 Å². The lowest BCUT2D eigenvalue weighted by Gasteiger charge is -2.15. The molecule has 0 bridgehead atoms. The third-order valence-electron chi connectivity index (χ3n) is 3.55. The number of para-hydroxylation sites is 1. The number of amides is 1. The molecule has 3 rings (SSSR count). The Kier molecular flexibility index (Phi) is 3.15. The SMILES string of the molecule is O=C(NC1COCC1C(=O)O)c1c[nH]c2ccccc12. The molecule has 104 valence electrons. The van der Waals surface area contributed by atoms with Crippen LogP contribution in [0.4, 0.5) is 0 Å². The Morgan fingerprint density at radius 2 is 2.10 bits per heavy atom. The number of fused-ring (bicyclic) bond motifs is 1. The Bertz CT molecular complexity index is 664. The molecular formula is C14H14N2O4. The average molecular weight is 274 g/mol. The van der Waals surface area contributed by atoms with Gasteiger partial charge >= 0.3 is 5.97 Å². The van der Waals surface area contributed by atoms with Crippen LogP contribution in [-0.4, -0.2) is 41.2 Å². The molecule has 2 aromatic rings. The molecule has 0 spiro atoms. The van der Waals surface area contributed by atoms with Crippen molar-refractivity contribution in [2.24, 2.45) is 5.92 Å². The van der Waals surface area contributed by atoms with Gasteiger partial charge in [-0.05, 0) is 6.07 Å². The molecule has 2 atom stereocenters. The van der Waals surface area contributed by atoms with Gasteiger partial charge in [-0.3, -0.25) is 9.59 Å². The second-order valence-corrected chi connectivity index (χ2v) is 4.81. The normalized spacial score (nSPS) is 22.0. The summed E-state index contributed by atoms with van der Waals surface area (Å²) in [6, 6.07) is 6.97. The van der Waals surface area contributed by atoms with Gasteiger partial charge in [-0.2, -0.15) is 0 Å². The van der Waals surface area contributed by atoms with Gasteiger partial charge in [0, 0.05) is 17.1 Å². The van der Waals surface area contributed by atoms with Crippen LogP contribution >= 0.6 is 0 Å². The number of aliphatic carboxylic acids is 1. The van der Waals surface area contributed by atoms with E-state index in [4.69, 9.17) is 9.84 Å². The van der Waals surface area contributed by atoms with Gasteiger partial charge in [0.2, 0.25) is 0 Å². The summed E-state index contributed by atoms with van der Waals surface area (Å²) in [4.78, 5) is 26.3. The highest BCUT2D eigenvalue weighted by Crippen LogP contribution is 2.19. The average Bonchev–Trinajstić information content (AvgIpc) is 3.04. The van der Waals surface area contributed by atoms with E-state index < -0.39 is 17.9 Å². The maximum absolute atomic E-state index is 12.3. The summed E-state index contributed by atoms with van der Waals surface area (Å²) in [6.45, 7) is 0.360. The summed E-state index contributed by atoms with van der Waals surface area (Å²) >= 11 is 0. The number of ether oxygens (including phenoxy) is 1. The number of H-pyrrole nitrogens is 1. The molecule has 2 heterocycles.